The van der Waals surface area contributed by atoms with Crippen LogP contribution < -0.4 is 11.1 Å². The van der Waals surface area contributed by atoms with Crippen molar-refractivity contribution in [3.63, 3.8) is 0 Å². The van der Waals surface area contributed by atoms with E-state index in [2.05, 4.69) is 20.3 Å². The molecule has 0 aromatic carbocycles. The van der Waals surface area contributed by atoms with E-state index in [0.717, 1.165) is 0 Å². The van der Waals surface area contributed by atoms with Gasteiger partial charge in [-0.3, -0.25) is 14.8 Å². The number of amides is 1. The van der Waals surface area contributed by atoms with Crippen LogP contribution >= 0.6 is 0 Å². The van der Waals surface area contributed by atoms with E-state index in [1.165, 1.54) is 31.0 Å². The molecule has 2 aromatic rings. The summed E-state index contributed by atoms with van der Waals surface area (Å²) in [5.41, 5.74) is 6.32. The van der Waals surface area contributed by atoms with Gasteiger partial charge in [0, 0.05) is 30.5 Å². The molecule has 0 aliphatic carbocycles. The highest BCUT2D eigenvalue weighted by atomic mass is 16.1. The van der Waals surface area contributed by atoms with Crippen molar-refractivity contribution in [2.75, 3.05) is 11.1 Å². The lowest BCUT2D eigenvalue weighted by molar-refractivity contribution is 0.102. The van der Waals surface area contributed by atoms with Gasteiger partial charge in [-0.25, -0.2) is 4.98 Å². The number of rotatable bonds is 2. The van der Waals surface area contributed by atoms with E-state index in [4.69, 9.17) is 5.73 Å². The van der Waals surface area contributed by atoms with Crippen LogP contribution in [0.15, 0.2) is 37.1 Å². The van der Waals surface area contributed by atoms with E-state index in [0.29, 0.717) is 17.1 Å². The van der Waals surface area contributed by atoms with Gasteiger partial charge < -0.3 is 11.1 Å². The summed E-state index contributed by atoms with van der Waals surface area (Å²) in [5.74, 6) is 0.0156. The van der Waals surface area contributed by atoms with Crippen molar-refractivity contribution in [1.29, 1.82) is 0 Å². The molecule has 0 unspecified atom stereocenters. The molecule has 0 fully saturated rings. The van der Waals surface area contributed by atoms with Gasteiger partial charge in [-0.2, -0.15) is 0 Å². The predicted molar refractivity (Wildman–Crippen MR) is 58.6 cm³/mol. The summed E-state index contributed by atoms with van der Waals surface area (Å²) in [5, 5.41) is 2.57. The van der Waals surface area contributed by atoms with Gasteiger partial charge in [-0.05, 0) is 6.07 Å². The van der Waals surface area contributed by atoms with E-state index in [9.17, 15) is 4.79 Å². The zero-order valence-electron chi connectivity index (χ0n) is 8.29. The van der Waals surface area contributed by atoms with Gasteiger partial charge in [0.2, 0.25) is 0 Å². The Labute approximate surface area is 91.6 Å². The molecule has 0 radical (unpaired) electrons. The molecule has 0 aliphatic rings. The zero-order valence-corrected chi connectivity index (χ0v) is 8.29. The van der Waals surface area contributed by atoms with Crippen molar-refractivity contribution >= 4 is 17.4 Å². The molecule has 6 nitrogen and oxygen atoms in total. The van der Waals surface area contributed by atoms with Gasteiger partial charge in [0.15, 0.2) is 5.82 Å². The molecule has 1 amide bonds. The number of nitrogen functional groups attached to an aromatic ring is 1. The number of pyridine rings is 1. The summed E-state index contributed by atoms with van der Waals surface area (Å²) in [6.07, 6.45) is 7.39. The Balaban J connectivity index is 2.19. The van der Waals surface area contributed by atoms with Gasteiger partial charge in [-0.15, -0.1) is 0 Å². The van der Waals surface area contributed by atoms with Crippen LogP contribution in [-0.2, 0) is 0 Å². The van der Waals surface area contributed by atoms with Gasteiger partial charge in [-0.1, -0.05) is 0 Å². The Morgan fingerprint density at radius 1 is 1.19 bits per heavy atom. The lowest BCUT2D eigenvalue weighted by Crippen LogP contribution is -2.15. The van der Waals surface area contributed by atoms with Crippen LogP contribution in [0.5, 0.6) is 0 Å². The smallest absolute Gasteiger partial charge is 0.260 e. The Hall–Kier alpha value is -2.50. The molecular weight excluding hydrogens is 206 g/mol. The molecule has 0 bridgehead atoms. The quantitative estimate of drug-likeness (QED) is 0.769. The Kier molecular flexibility index (Phi) is 2.73. The Morgan fingerprint density at radius 3 is 2.69 bits per heavy atom. The highest BCUT2D eigenvalue weighted by molar-refractivity contribution is 6.06. The van der Waals surface area contributed by atoms with Crippen molar-refractivity contribution < 1.29 is 4.79 Å². The van der Waals surface area contributed by atoms with E-state index in [1.54, 1.807) is 6.07 Å². The first-order chi connectivity index (χ1) is 7.77. The minimum Gasteiger partial charge on any atom is -0.398 e. The Morgan fingerprint density at radius 2 is 2.00 bits per heavy atom. The third-order valence-electron chi connectivity index (χ3n) is 1.90. The van der Waals surface area contributed by atoms with E-state index >= 15 is 0 Å². The molecule has 0 aliphatic heterocycles. The van der Waals surface area contributed by atoms with Gasteiger partial charge >= 0.3 is 0 Å². The SMILES string of the molecule is Nc1ccncc1C(=O)Nc1cnccn1. The number of hydrogen-bond donors (Lipinski definition) is 2. The largest absolute Gasteiger partial charge is 0.398 e. The van der Waals surface area contributed by atoms with Gasteiger partial charge in [0.1, 0.15) is 0 Å². The molecule has 2 heterocycles. The number of anilines is 2. The topological polar surface area (TPSA) is 93.8 Å². The predicted octanol–water partition coefficient (Wildman–Crippen LogP) is 0.706. The monoisotopic (exact) mass is 215 g/mol. The third kappa shape index (κ3) is 2.11. The van der Waals surface area contributed by atoms with Crippen LogP contribution in [0.2, 0.25) is 0 Å². The molecule has 0 saturated heterocycles. The normalized spacial score (nSPS) is 9.75. The zero-order chi connectivity index (χ0) is 11.4. The second-order valence-corrected chi connectivity index (χ2v) is 3.01. The second-order valence-electron chi connectivity index (χ2n) is 3.01. The molecule has 80 valence electrons. The number of nitrogens with zero attached hydrogens (tertiary/aromatic N) is 3. The number of carbonyl (C=O) groups is 1. The maximum atomic E-state index is 11.7. The van der Waals surface area contributed by atoms with E-state index in [-0.39, 0.29) is 5.91 Å². The van der Waals surface area contributed by atoms with Crippen molar-refractivity contribution in [2.45, 2.75) is 0 Å². The van der Waals surface area contributed by atoms with Crippen LogP contribution in [0.25, 0.3) is 0 Å². The van der Waals surface area contributed by atoms with Crippen molar-refractivity contribution in [2.24, 2.45) is 0 Å². The average molecular weight is 215 g/mol. The fourth-order valence-corrected chi connectivity index (χ4v) is 1.14. The first-order valence-corrected chi connectivity index (χ1v) is 4.54. The molecular formula is C10H9N5O. The van der Waals surface area contributed by atoms with Crippen LogP contribution in [0.1, 0.15) is 10.4 Å². The third-order valence-corrected chi connectivity index (χ3v) is 1.90. The number of aromatic nitrogens is 3. The van der Waals surface area contributed by atoms with Crippen LogP contribution in [0, 0.1) is 0 Å². The summed E-state index contributed by atoms with van der Waals surface area (Å²) >= 11 is 0. The van der Waals surface area contributed by atoms with Crippen molar-refractivity contribution in [3.05, 3.63) is 42.6 Å². The number of nitrogens with two attached hydrogens (primary N) is 1. The summed E-state index contributed by atoms with van der Waals surface area (Å²) in [6.45, 7) is 0. The summed E-state index contributed by atoms with van der Waals surface area (Å²) in [7, 11) is 0. The first kappa shape index (κ1) is 10.0. The maximum absolute atomic E-state index is 11.7. The van der Waals surface area contributed by atoms with Crippen LogP contribution in [-0.4, -0.2) is 20.9 Å². The first-order valence-electron chi connectivity index (χ1n) is 4.54. The van der Waals surface area contributed by atoms with Gasteiger partial charge in [0.05, 0.1) is 11.8 Å². The van der Waals surface area contributed by atoms with Gasteiger partial charge in [0.25, 0.3) is 5.91 Å². The van der Waals surface area contributed by atoms with Crippen LogP contribution in [0.3, 0.4) is 0 Å². The highest BCUT2D eigenvalue weighted by Gasteiger charge is 2.09. The van der Waals surface area contributed by atoms with E-state index < -0.39 is 0 Å². The molecule has 16 heavy (non-hydrogen) atoms. The standard InChI is InChI=1S/C10H9N5O/c11-8-1-2-12-5-7(8)10(16)15-9-6-13-3-4-14-9/h1-6H,(H2,11,12)(H,14,15,16). The average Bonchev–Trinajstić information content (AvgIpc) is 2.31. The number of hydrogen-bond acceptors (Lipinski definition) is 5. The second kappa shape index (κ2) is 4.35. The fraction of sp³-hybridized carbons (Fsp3) is 0. The lowest BCUT2D eigenvalue weighted by Gasteiger charge is -2.05. The molecule has 0 saturated carbocycles. The minimum atomic E-state index is -0.355. The highest BCUT2D eigenvalue weighted by Crippen LogP contribution is 2.10. The molecule has 2 rings (SSSR count). The van der Waals surface area contributed by atoms with Crippen molar-refractivity contribution in [1.82, 2.24) is 15.0 Å². The van der Waals surface area contributed by atoms with Crippen LogP contribution in [0.4, 0.5) is 11.5 Å². The molecule has 0 atom stereocenters. The summed E-state index contributed by atoms with van der Waals surface area (Å²) < 4.78 is 0. The van der Waals surface area contributed by atoms with E-state index in [1.807, 2.05) is 0 Å². The molecule has 3 N–H and O–H groups in total. The minimum absolute atomic E-state index is 0.313. The fourth-order valence-electron chi connectivity index (χ4n) is 1.14. The maximum Gasteiger partial charge on any atom is 0.260 e. The van der Waals surface area contributed by atoms with Crippen molar-refractivity contribution in [3.8, 4) is 0 Å². The Bertz CT molecular complexity index is 500. The summed E-state index contributed by atoms with van der Waals surface area (Å²) in [6, 6.07) is 1.56. The number of nitrogens with one attached hydrogen (secondary N) is 1. The summed E-state index contributed by atoms with van der Waals surface area (Å²) in [4.78, 5) is 23.3. The number of carbonyl (C=O) groups excluding carboxylic acids is 1. The lowest BCUT2D eigenvalue weighted by atomic mass is 10.2. The molecule has 6 heteroatoms. The molecule has 2 aromatic heterocycles. The molecule has 0 spiro atoms.